The van der Waals surface area contributed by atoms with E-state index in [1.165, 1.54) is 7.11 Å². The molecule has 0 aliphatic carbocycles. The van der Waals surface area contributed by atoms with Crippen molar-refractivity contribution < 1.29 is 9.53 Å². The molecule has 0 N–H and O–H groups in total. The normalized spacial score (nSPS) is 11.4. The maximum atomic E-state index is 11.5. The van der Waals surface area contributed by atoms with Gasteiger partial charge in [-0.25, -0.2) is 0 Å². The van der Waals surface area contributed by atoms with Gasteiger partial charge in [0.2, 0.25) is 0 Å². The third kappa shape index (κ3) is 4.04. The summed E-state index contributed by atoms with van der Waals surface area (Å²) in [5, 5.41) is 4.47. The van der Waals surface area contributed by atoms with Gasteiger partial charge in [-0.3, -0.25) is 14.4 Å². The van der Waals surface area contributed by atoms with Gasteiger partial charge in [0.25, 0.3) is 0 Å². The first-order valence-electron chi connectivity index (χ1n) is 6.43. The highest BCUT2D eigenvalue weighted by atomic mass is 79.9. The summed E-state index contributed by atoms with van der Waals surface area (Å²) < 4.78 is 7.73. The van der Waals surface area contributed by atoms with Crippen molar-refractivity contribution in [1.82, 2.24) is 14.7 Å². The van der Waals surface area contributed by atoms with Crippen LogP contribution in [-0.4, -0.2) is 40.3 Å². The minimum atomic E-state index is -0.218. The number of esters is 1. The van der Waals surface area contributed by atoms with Gasteiger partial charge in [0.05, 0.1) is 29.5 Å². The van der Waals surface area contributed by atoms with E-state index in [1.807, 2.05) is 11.6 Å². The molecule has 1 rings (SSSR count). The highest BCUT2D eigenvalue weighted by molar-refractivity contribution is 9.10. The summed E-state index contributed by atoms with van der Waals surface area (Å²) in [6, 6.07) is 0.256. The number of ether oxygens (including phenoxy) is 1. The Morgan fingerprint density at radius 1 is 1.53 bits per heavy atom. The SMILES string of the molecule is CCn1nc(C)c(Br)c1CN(CC(=O)OC)C(C)C. The molecule has 108 valence electrons. The molecule has 1 aromatic heterocycles. The number of aryl methyl sites for hydroxylation is 2. The topological polar surface area (TPSA) is 47.4 Å². The Bertz CT molecular complexity index is 443. The van der Waals surface area contributed by atoms with Gasteiger partial charge < -0.3 is 4.74 Å². The highest BCUT2D eigenvalue weighted by Crippen LogP contribution is 2.23. The molecule has 0 radical (unpaired) electrons. The lowest BCUT2D eigenvalue weighted by Crippen LogP contribution is -2.36. The van der Waals surface area contributed by atoms with Crippen LogP contribution in [0.15, 0.2) is 4.47 Å². The van der Waals surface area contributed by atoms with Gasteiger partial charge in [0.15, 0.2) is 0 Å². The molecule has 0 atom stereocenters. The van der Waals surface area contributed by atoms with Gasteiger partial charge in [0, 0.05) is 19.1 Å². The van der Waals surface area contributed by atoms with Crippen LogP contribution in [0, 0.1) is 6.92 Å². The van der Waals surface area contributed by atoms with Crippen molar-refractivity contribution >= 4 is 21.9 Å². The van der Waals surface area contributed by atoms with Crippen molar-refractivity contribution in [2.24, 2.45) is 0 Å². The fourth-order valence-electron chi connectivity index (χ4n) is 1.86. The summed E-state index contributed by atoms with van der Waals surface area (Å²) in [4.78, 5) is 13.5. The van der Waals surface area contributed by atoms with E-state index in [0.29, 0.717) is 6.54 Å². The number of hydrogen-bond acceptors (Lipinski definition) is 4. The Hall–Kier alpha value is -0.880. The highest BCUT2D eigenvalue weighted by Gasteiger charge is 2.20. The molecule has 1 aromatic rings. The quantitative estimate of drug-likeness (QED) is 0.751. The lowest BCUT2D eigenvalue weighted by molar-refractivity contribution is -0.142. The molecule has 0 unspecified atom stereocenters. The van der Waals surface area contributed by atoms with E-state index in [1.54, 1.807) is 0 Å². The second kappa shape index (κ2) is 7.05. The Balaban J connectivity index is 2.93. The Labute approximate surface area is 123 Å². The first kappa shape index (κ1) is 16.2. The Kier molecular flexibility index (Phi) is 6.00. The van der Waals surface area contributed by atoms with E-state index in [9.17, 15) is 4.79 Å². The Morgan fingerprint density at radius 2 is 2.16 bits per heavy atom. The largest absolute Gasteiger partial charge is 0.468 e. The van der Waals surface area contributed by atoms with Gasteiger partial charge in [-0.15, -0.1) is 0 Å². The predicted octanol–water partition coefficient (Wildman–Crippen LogP) is 2.36. The number of hydrogen-bond donors (Lipinski definition) is 0. The fraction of sp³-hybridized carbons (Fsp3) is 0.692. The molecular weight excluding hydrogens is 310 g/mol. The first-order valence-corrected chi connectivity index (χ1v) is 7.22. The van der Waals surface area contributed by atoms with Crippen molar-refractivity contribution in [3.8, 4) is 0 Å². The van der Waals surface area contributed by atoms with E-state index < -0.39 is 0 Å². The smallest absolute Gasteiger partial charge is 0.319 e. The maximum Gasteiger partial charge on any atom is 0.319 e. The molecule has 6 heteroatoms. The van der Waals surface area contributed by atoms with Gasteiger partial charge in [-0.05, 0) is 43.6 Å². The van der Waals surface area contributed by atoms with Crippen LogP contribution in [0.1, 0.15) is 32.2 Å². The number of rotatable bonds is 6. The number of nitrogens with zero attached hydrogens (tertiary/aromatic N) is 3. The lowest BCUT2D eigenvalue weighted by Gasteiger charge is -2.25. The van der Waals surface area contributed by atoms with Crippen LogP contribution in [0.3, 0.4) is 0 Å². The molecule has 0 aliphatic rings. The lowest BCUT2D eigenvalue weighted by atomic mass is 10.2. The number of halogens is 1. The van der Waals surface area contributed by atoms with Crippen LogP contribution in [0.25, 0.3) is 0 Å². The minimum absolute atomic E-state index is 0.218. The molecule has 0 spiro atoms. The predicted molar refractivity (Wildman–Crippen MR) is 77.9 cm³/mol. The average Bonchev–Trinajstić information content (AvgIpc) is 2.64. The molecule has 0 saturated heterocycles. The summed E-state index contributed by atoms with van der Waals surface area (Å²) >= 11 is 3.58. The second-order valence-corrected chi connectivity index (χ2v) is 5.53. The van der Waals surface area contributed by atoms with Crippen molar-refractivity contribution in [2.45, 2.75) is 46.8 Å². The first-order chi connectivity index (χ1) is 8.90. The zero-order chi connectivity index (χ0) is 14.6. The van der Waals surface area contributed by atoms with E-state index in [-0.39, 0.29) is 18.6 Å². The summed E-state index contributed by atoms with van der Waals surface area (Å²) in [6.45, 7) is 9.93. The van der Waals surface area contributed by atoms with Crippen molar-refractivity contribution in [1.29, 1.82) is 0 Å². The minimum Gasteiger partial charge on any atom is -0.468 e. The van der Waals surface area contributed by atoms with Gasteiger partial charge in [-0.1, -0.05) is 0 Å². The van der Waals surface area contributed by atoms with Gasteiger partial charge >= 0.3 is 5.97 Å². The molecule has 0 amide bonds. The summed E-state index contributed by atoms with van der Waals surface area (Å²) in [6.07, 6.45) is 0. The summed E-state index contributed by atoms with van der Waals surface area (Å²) in [7, 11) is 1.41. The van der Waals surface area contributed by atoms with Crippen molar-refractivity contribution in [2.75, 3.05) is 13.7 Å². The van der Waals surface area contributed by atoms with E-state index in [0.717, 1.165) is 22.4 Å². The van der Waals surface area contributed by atoms with Gasteiger partial charge in [-0.2, -0.15) is 5.10 Å². The van der Waals surface area contributed by atoms with Gasteiger partial charge in [0.1, 0.15) is 0 Å². The third-order valence-electron chi connectivity index (χ3n) is 3.10. The standard InChI is InChI=1S/C13H22BrN3O2/c1-6-17-11(13(14)10(4)15-17)7-16(9(2)3)8-12(18)19-5/h9H,6-8H2,1-5H3. The number of methoxy groups -OCH3 is 1. The molecule has 5 nitrogen and oxygen atoms in total. The van der Waals surface area contributed by atoms with Crippen LogP contribution in [0.2, 0.25) is 0 Å². The van der Waals surface area contributed by atoms with E-state index >= 15 is 0 Å². The third-order valence-corrected chi connectivity index (χ3v) is 4.13. The van der Waals surface area contributed by atoms with Crippen molar-refractivity contribution in [3.63, 3.8) is 0 Å². The molecule has 0 saturated carbocycles. The molecule has 19 heavy (non-hydrogen) atoms. The zero-order valence-electron chi connectivity index (χ0n) is 12.2. The number of carbonyl (C=O) groups is 1. The number of carbonyl (C=O) groups excluding carboxylic acids is 1. The monoisotopic (exact) mass is 331 g/mol. The molecular formula is C13H22BrN3O2. The van der Waals surface area contributed by atoms with Crippen LogP contribution in [-0.2, 0) is 22.6 Å². The molecule has 0 bridgehead atoms. The molecule has 1 heterocycles. The van der Waals surface area contributed by atoms with Crippen LogP contribution in [0.5, 0.6) is 0 Å². The van der Waals surface area contributed by atoms with E-state index in [2.05, 4.69) is 46.7 Å². The molecule has 0 aliphatic heterocycles. The van der Waals surface area contributed by atoms with E-state index in [4.69, 9.17) is 4.74 Å². The molecule has 0 fully saturated rings. The summed E-state index contributed by atoms with van der Waals surface area (Å²) in [5.41, 5.74) is 2.07. The van der Waals surface area contributed by atoms with Crippen LogP contribution < -0.4 is 0 Å². The average molecular weight is 332 g/mol. The zero-order valence-corrected chi connectivity index (χ0v) is 13.8. The fourth-order valence-corrected chi connectivity index (χ4v) is 2.27. The van der Waals surface area contributed by atoms with Crippen molar-refractivity contribution in [3.05, 3.63) is 15.9 Å². The molecule has 0 aromatic carbocycles. The van der Waals surface area contributed by atoms with Crippen LogP contribution >= 0.6 is 15.9 Å². The maximum absolute atomic E-state index is 11.5. The van der Waals surface area contributed by atoms with Crippen LogP contribution in [0.4, 0.5) is 0 Å². The number of aromatic nitrogens is 2. The second-order valence-electron chi connectivity index (χ2n) is 4.74. The summed E-state index contributed by atoms with van der Waals surface area (Å²) in [5.74, 6) is -0.218. The Morgan fingerprint density at radius 3 is 2.63 bits per heavy atom.